The number of aromatic nitrogens is 2. The van der Waals surface area contributed by atoms with E-state index in [1.165, 1.54) is 0 Å². The van der Waals surface area contributed by atoms with Crippen LogP contribution in [0.2, 0.25) is 0 Å². The number of carbonyl (C=O) groups excluding carboxylic acids is 1. The lowest BCUT2D eigenvalue weighted by Gasteiger charge is -2.12. The SMILES string of the molecule is CCCc1nc2sc(C)c(-c3ccc(OC)c(C)c3)c2c(=O)n1CCCC(N)=O. The summed E-state index contributed by atoms with van der Waals surface area (Å²) >= 11 is 1.55. The zero-order chi connectivity index (χ0) is 21.1. The van der Waals surface area contributed by atoms with E-state index in [1.807, 2.05) is 32.0 Å². The molecule has 2 heterocycles. The second-order valence-corrected chi connectivity index (χ2v) is 8.41. The summed E-state index contributed by atoms with van der Waals surface area (Å²) in [6.07, 6.45) is 2.39. The number of amides is 1. The number of aryl methyl sites for hydroxylation is 3. The van der Waals surface area contributed by atoms with Crippen molar-refractivity contribution in [2.24, 2.45) is 5.73 Å². The third-order valence-electron chi connectivity index (χ3n) is 5.03. The van der Waals surface area contributed by atoms with E-state index in [0.717, 1.165) is 50.8 Å². The fourth-order valence-electron chi connectivity index (χ4n) is 3.67. The number of thiophene rings is 1. The maximum Gasteiger partial charge on any atom is 0.262 e. The van der Waals surface area contributed by atoms with Crippen LogP contribution in [0.3, 0.4) is 0 Å². The molecule has 0 spiro atoms. The van der Waals surface area contributed by atoms with Gasteiger partial charge in [-0.15, -0.1) is 11.3 Å². The third-order valence-corrected chi connectivity index (χ3v) is 6.03. The lowest BCUT2D eigenvalue weighted by Crippen LogP contribution is -2.26. The number of fused-ring (bicyclic) bond motifs is 1. The van der Waals surface area contributed by atoms with E-state index in [1.54, 1.807) is 23.0 Å². The van der Waals surface area contributed by atoms with Gasteiger partial charge in [-0.25, -0.2) is 4.98 Å². The molecule has 1 aromatic carbocycles. The van der Waals surface area contributed by atoms with Gasteiger partial charge in [0.1, 0.15) is 16.4 Å². The first-order valence-electron chi connectivity index (χ1n) is 9.83. The first kappa shape index (κ1) is 21.0. The quantitative estimate of drug-likeness (QED) is 0.605. The highest BCUT2D eigenvalue weighted by Crippen LogP contribution is 2.37. The Balaban J connectivity index is 2.19. The number of ether oxygens (including phenoxy) is 1. The number of carbonyl (C=O) groups is 1. The van der Waals surface area contributed by atoms with Crippen LogP contribution in [0.25, 0.3) is 21.3 Å². The Hall–Kier alpha value is -2.67. The number of primary amides is 1. The van der Waals surface area contributed by atoms with Crippen molar-refractivity contribution < 1.29 is 9.53 Å². The highest BCUT2D eigenvalue weighted by Gasteiger charge is 2.20. The summed E-state index contributed by atoms with van der Waals surface area (Å²) in [6, 6.07) is 5.96. The second-order valence-electron chi connectivity index (χ2n) is 7.20. The molecular formula is C22H27N3O3S. The van der Waals surface area contributed by atoms with Crippen LogP contribution in [0.15, 0.2) is 23.0 Å². The van der Waals surface area contributed by atoms with E-state index in [0.29, 0.717) is 18.4 Å². The maximum absolute atomic E-state index is 13.5. The van der Waals surface area contributed by atoms with Crippen molar-refractivity contribution in [3.8, 4) is 16.9 Å². The lowest BCUT2D eigenvalue weighted by molar-refractivity contribution is -0.118. The van der Waals surface area contributed by atoms with Gasteiger partial charge in [-0.05, 0) is 49.9 Å². The average Bonchev–Trinajstić information content (AvgIpc) is 3.00. The van der Waals surface area contributed by atoms with Crippen LogP contribution in [0.1, 0.15) is 42.5 Å². The molecule has 0 unspecified atom stereocenters. The van der Waals surface area contributed by atoms with Gasteiger partial charge < -0.3 is 10.5 Å². The molecule has 3 rings (SSSR count). The zero-order valence-electron chi connectivity index (χ0n) is 17.4. The Morgan fingerprint density at radius 3 is 2.69 bits per heavy atom. The first-order chi connectivity index (χ1) is 13.9. The van der Waals surface area contributed by atoms with Crippen molar-refractivity contribution in [2.75, 3.05) is 7.11 Å². The summed E-state index contributed by atoms with van der Waals surface area (Å²) in [4.78, 5) is 31.3. The standard InChI is InChI=1S/C22H27N3O3S/c1-5-7-18-24-21-20(22(27)25(18)11-6-8-17(23)26)19(14(3)29-21)15-9-10-16(28-4)13(2)12-15/h9-10,12H,5-8,11H2,1-4H3,(H2,23,26). The Bertz CT molecular complexity index is 1110. The van der Waals surface area contributed by atoms with Crippen LogP contribution in [-0.2, 0) is 17.8 Å². The third kappa shape index (κ3) is 4.19. The summed E-state index contributed by atoms with van der Waals surface area (Å²) < 4.78 is 7.09. The summed E-state index contributed by atoms with van der Waals surface area (Å²) in [5.41, 5.74) is 8.16. The number of hydrogen-bond acceptors (Lipinski definition) is 5. The van der Waals surface area contributed by atoms with Gasteiger partial charge in [0, 0.05) is 29.8 Å². The number of nitrogens with two attached hydrogens (primary N) is 1. The van der Waals surface area contributed by atoms with Gasteiger partial charge in [0.2, 0.25) is 5.91 Å². The molecule has 0 fully saturated rings. The van der Waals surface area contributed by atoms with Gasteiger partial charge in [-0.2, -0.15) is 0 Å². The topological polar surface area (TPSA) is 87.2 Å². The molecule has 2 aromatic heterocycles. The Morgan fingerprint density at radius 2 is 2.07 bits per heavy atom. The Kier molecular flexibility index (Phi) is 6.37. The Labute approximate surface area is 174 Å². The average molecular weight is 414 g/mol. The van der Waals surface area contributed by atoms with Crippen LogP contribution >= 0.6 is 11.3 Å². The van der Waals surface area contributed by atoms with Gasteiger partial charge >= 0.3 is 0 Å². The monoisotopic (exact) mass is 413 g/mol. The van der Waals surface area contributed by atoms with Crippen molar-refractivity contribution in [1.29, 1.82) is 0 Å². The molecule has 3 aromatic rings. The maximum atomic E-state index is 13.5. The Morgan fingerprint density at radius 1 is 1.31 bits per heavy atom. The molecule has 154 valence electrons. The normalized spacial score (nSPS) is 11.2. The van der Waals surface area contributed by atoms with Crippen LogP contribution in [0.4, 0.5) is 0 Å². The van der Waals surface area contributed by atoms with Crippen molar-refractivity contribution in [3.05, 3.63) is 44.8 Å². The minimum Gasteiger partial charge on any atom is -0.496 e. The molecule has 0 atom stereocenters. The summed E-state index contributed by atoms with van der Waals surface area (Å²) in [5, 5.41) is 0.649. The van der Waals surface area contributed by atoms with E-state index < -0.39 is 0 Å². The number of rotatable bonds is 8. The van der Waals surface area contributed by atoms with Gasteiger partial charge in [-0.3, -0.25) is 14.2 Å². The molecule has 0 aliphatic carbocycles. The molecule has 29 heavy (non-hydrogen) atoms. The van der Waals surface area contributed by atoms with Crippen LogP contribution < -0.4 is 16.0 Å². The molecule has 2 N–H and O–H groups in total. The van der Waals surface area contributed by atoms with Crippen LogP contribution in [0, 0.1) is 13.8 Å². The molecule has 0 aliphatic rings. The number of nitrogens with zero attached hydrogens (tertiary/aromatic N) is 2. The smallest absolute Gasteiger partial charge is 0.262 e. The van der Waals surface area contributed by atoms with E-state index >= 15 is 0 Å². The van der Waals surface area contributed by atoms with Crippen molar-refractivity contribution in [3.63, 3.8) is 0 Å². The molecule has 7 heteroatoms. The second kappa shape index (κ2) is 8.78. The fraction of sp³-hybridized carbons (Fsp3) is 0.409. The highest BCUT2D eigenvalue weighted by molar-refractivity contribution is 7.19. The minimum absolute atomic E-state index is 0.0456. The largest absolute Gasteiger partial charge is 0.496 e. The van der Waals surface area contributed by atoms with Crippen molar-refractivity contribution in [2.45, 2.75) is 53.0 Å². The zero-order valence-corrected chi connectivity index (χ0v) is 18.2. The predicted molar refractivity (Wildman–Crippen MR) is 118 cm³/mol. The minimum atomic E-state index is -0.357. The summed E-state index contributed by atoms with van der Waals surface area (Å²) in [5.74, 6) is 1.23. The van der Waals surface area contributed by atoms with Crippen LogP contribution in [0.5, 0.6) is 5.75 Å². The van der Waals surface area contributed by atoms with E-state index in [2.05, 4.69) is 6.92 Å². The first-order valence-corrected chi connectivity index (χ1v) is 10.6. The number of hydrogen-bond donors (Lipinski definition) is 1. The number of methoxy groups -OCH3 is 1. The molecule has 0 saturated heterocycles. The molecule has 6 nitrogen and oxygen atoms in total. The number of benzene rings is 1. The van der Waals surface area contributed by atoms with Gasteiger partial charge in [0.25, 0.3) is 5.56 Å². The van der Waals surface area contributed by atoms with Gasteiger partial charge in [0.15, 0.2) is 0 Å². The molecule has 0 bridgehead atoms. The van der Waals surface area contributed by atoms with E-state index in [4.69, 9.17) is 15.5 Å². The summed E-state index contributed by atoms with van der Waals surface area (Å²) in [6.45, 7) is 6.52. The molecular weight excluding hydrogens is 386 g/mol. The molecule has 0 saturated carbocycles. The fourth-order valence-corrected chi connectivity index (χ4v) is 4.73. The predicted octanol–water partition coefficient (Wildman–Crippen LogP) is 3.97. The molecule has 0 radical (unpaired) electrons. The lowest BCUT2D eigenvalue weighted by atomic mass is 10.0. The molecule has 1 amide bonds. The van der Waals surface area contributed by atoms with Gasteiger partial charge in [-0.1, -0.05) is 13.0 Å². The molecule has 0 aliphatic heterocycles. The van der Waals surface area contributed by atoms with Gasteiger partial charge in [0.05, 0.1) is 12.5 Å². The van der Waals surface area contributed by atoms with Crippen LogP contribution in [-0.4, -0.2) is 22.6 Å². The van der Waals surface area contributed by atoms with Crippen molar-refractivity contribution >= 4 is 27.5 Å². The highest BCUT2D eigenvalue weighted by atomic mass is 32.1. The van der Waals surface area contributed by atoms with E-state index in [-0.39, 0.29) is 17.9 Å². The van der Waals surface area contributed by atoms with Crippen molar-refractivity contribution in [1.82, 2.24) is 9.55 Å². The summed E-state index contributed by atoms with van der Waals surface area (Å²) in [7, 11) is 1.65. The van der Waals surface area contributed by atoms with E-state index in [9.17, 15) is 9.59 Å².